The fourth-order valence-corrected chi connectivity index (χ4v) is 2.48. The molecule has 0 bridgehead atoms. The number of aromatic nitrogens is 3. The summed E-state index contributed by atoms with van der Waals surface area (Å²) in [4.78, 5) is 4.17. The van der Waals surface area contributed by atoms with Crippen molar-refractivity contribution in [1.82, 2.24) is 14.8 Å². The number of thiocarbonyl (C=S) groups is 1. The number of hydrogen-bond donors (Lipinski definition) is 2. The van der Waals surface area contributed by atoms with Crippen molar-refractivity contribution in [2.45, 2.75) is 13.5 Å². The van der Waals surface area contributed by atoms with Gasteiger partial charge in [-0.25, -0.2) is 14.1 Å². The van der Waals surface area contributed by atoms with Crippen LogP contribution in [0.2, 0.25) is 0 Å². The summed E-state index contributed by atoms with van der Waals surface area (Å²) in [5.74, 6) is 0.925. The average Bonchev–Trinajstić information content (AvgIpc) is 3.05. The van der Waals surface area contributed by atoms with Gasteiger partial charge < -0.3 is 10.1 Å². The third kappa shape index (κ3) is 5.00. The highest BCUT2D eigenvalue weighted by Crippen LogP contribution is 2.15. The number of benzene rings is 2. The molecular formula is C18H18FN5OS. The van der Waals surface area contributed by atoms with Crippen LogP contribution < -0.4 is 15.4 Å². The maximum absolute atomic E-state index is 12.9. The topological polar surface area (TPSA) is 64.0 Å². The molecule has 0 radical (unpaired) electrons. The van der Waals surface area contributed by atoms with E-state index in [2.05, 4.69) is 20.7 Å². The van der Waals surface area contributed by atoms with Crippen LogP contribution in [0.4, 0.5) is 16.0 Å². The Morgan fingerprint density at radius 1 is 1.12 bits per heavy atom. The van der Waals surface area contributed by atoms with E-state index < -0.39 is 0 Å². The minimum absolute atomic E-state index is 0.264. The van der Waals surface area contributed by atoms with Crippen molar-refractivity contribution in [3.05, 3.63) is 66.2 Å². The van der Waals surface area contributed by atoms with Gasteiger partial charge in [0.15, 0.2) is 5.11 Å². The lowest BCUT2D eigenvalue weighted by Crippen LogP contribution is -2.20. The van der Waals surface area contributed by atoms with Gasteiger partial charge in [0, 0.05) is 5.69 Å². The fraction of sp³-hybridized carbons (Fsp3) is 0.167. The zero-order valence-corrected chi connectivity index (χ0v) is 15.0. The highest BCUT2D eigenvalue weighted by molar-refractivity contribution is 7.80. The number of anilines is 2. The molecule has 2 N–H and O–H groups in total. The summed E-state index contributed by atoms with van der Waals surface area (Å²) in [6.07, 6.45) is 1.59. The largest absolute Gasteiger partial charge is 0.494 e. The summed E-state index contributed by atoms with van der Waals surface area (Å²) in [7, 11) is 0. The smallest absolute Gasteiger partial charge is 0.248 e. The highest BCUT2D eigenvalue weighted by atomic mass is 32.1. The molecular weight excluding hydrogens is 353 g/mol. The van der Waals surface area contributed by atoms with E-state index >= 15 is 0 Å². The molecule has 0 fully saturated rings. The van der Waals surface area contributed by atoms with Gasteiger partial charge in [-0.05, 0) is 61.1 Å². The maximum Gasteiger partial charge on any atom is 0.248 e. The Kier molecular flexibility index (Phi) is 5.75. The molecule has 0 aliphatic carbocycles. The Labute approximate surface area is 156 Å². The Balaban J connectivity index is 1.54. The van der Waals surface area contributed by atoms with E-state index in [0.29, 0.717) is 24.2 Å². The van der Waals surface area contributed by atoms with E-state index in [1.807, 2.05) is 31.2 Å². The summed E-state index contributed by atoms with van der Waals surface area (Å²) in [6.45, 7) is 3.06. The Bertz CT molecular complexity index is 864. The summed E-state index contributed by atoms with van der Waals surface area (Å²) in [6, 6.07) is 13.7. The third-order valence-electron chi connectivity index (χ3n) is 3.44. The molecule has 0 spiro atoms. The van der Waals surface area contributed by atoms with Crippen LogP contribution in [0.1, 0.15) is 12.5 Å². The molecule has 0 atom stereocenters. The lowest BCUT2D eigenvalue weighted by Gasteiger charge is -2.09. The molecule has 26 heavy (non-hydrogen) atoms. The summed E-state index contributed by atoms with van der Waals surface area (Å²) >= 11 is 5.27. The van der Waals surface area contributed by atoms with Crippen LogP contribution in [0.3, 0.4) is 0 Å². The number of nitrogens with zero attached hydrogens (tertiary/aromatic N) is 3. The molecule has 0 aliphatic heterocycles. The SMILES string of the molecule is CCOc1ccc(NC(=S)Nc2ncn(Cc3ccc(F)cc3)n2)cc1. The quantitative estimate of drug-likeness (QED) is 0.645. The first kappa shape index (κ1) is 17.8. The average molecular weight is 371 g/mol. The number of hydrogen-bond acceptors (Lipinski definition) is 4. The van der Waals surface area contributed by atoms with Crippen LogP contribution in [0.5, 0.6) is 5.75 Å². The molecule has 0 saturated carbocycles. The van der Waals surface area contributed by atoms with Crippen molar-refractivity contribution in [3.63, 3.8) is 0 Å². The lowest BCUT2D eigenvalue weighted by atomic mass is 10.2. The van der Waals surface area contributed by atoms with Gasteiger partial charge in [-0.3, -0.25) is 5.32 Å². The summed E-state index contributed by atoms with van der Waals surface area (Å²) in [5.41, 5.74) is 1.76. The van der Waals surface area contributed by atoms with Gasteiger partial charge in [-0.15, -0.1) is 5.10 Å². The first-order valence-corrected chi connectivity index (χ1v) is 8.48. The first-order chi connectivity index (χ1) is 12.6. The number of nitrogens with one attached hydrogen (secondary N) is 2. The zero-order valence-electron chi connectivity index (χ0n) is 14.1. The number of ether oxygens (including phenoxy) is 1. The van der Waals surface area contributed by atoms with Crippen LogP contribution >= 0.6 is 12.2 Å². The standard InChI is InChI=1S/C18H18FN5OS/c1-2-25-16-9-7-15(8-10-16)21-18(26)22-17-20-12-24(23-17)11-13-3-5-14(19)6-4-13/h3-10,12H,2,11H2,1H3,(H2,21,22,23,26). The molecule has 3 rings (SSSR count). The second-order valence-corrected chi connectivity index (χ2v) is 5.84. The molecule has 0 amide bonds. The molecule has 1 heterocycles. The molecule has 0 aliphatic rings. The van der Waals surface area contributed by atoms with E-state index in [4.69, 9.17) is 17.0 Å². The maximum atomic E-state index is 12.9. The third-order valence-corrected chi connectivity index (χ3v) is 3.65. The molecule has 2 aromatic carbocycles. The molecule has 0 saturated heterocycles. The minimum atomic E-state index is -0.264. The van der Waals surface area contributed by atoms with E-state index in [9.17, 15) is 4.39 Å². The van der Waals surface area contributed by atoms with Gasteiger partial charge in [0.25, 0.3) is 0 Å². The van der Waals surface area contributed by atoms with Crippen molar-refractivity contribution < 1.29 is 9.13 Å². The first-order valence-electron chi connectivity index (χ1n) is 8.07. The van der Waals surface area contributed by atoms with Gasteiger partial charge in [0.2, 0.25) is 5.95 Å². The van der Waals surface area contributed by atoms with Gasteiger partial charge in [0.1, 0.15) is 17.9 Å². The fourth-order valence-electron chi connectivity index (χ4n) is 2.27. The van der Waals surface area contributed by atoms with Crippen LogP contribution in [-0.2, 0) is 6.54 Å². The Hall–Kier alpha value is -3.00. The zero-order chi connectivity index (χ0) is 18.4. The highest BCUT2D eigenvalue weighted by Gasteiger charge is 2.05. The molecule has 6 nitrogen and oxygen atoms in total. The van der Waals surface area contributed by atoms with Gasteiger partial charge in [-0.1, -0.05) is 12.1 Å². The molecule has 134 valence electrons. The summed E-state index contributed by atoms with van der Waals surface area (Å²) < 4.78 is 20.0. The monoisotopic (exact) mass is 371 g/mol. The van der Waals surface area contributed by atoms with Gasteiger partial charge in [-0.2, -0.15) is 0 Å². The molecule has 8 heteroatoms. The second-order valence-electron chi connectivity index (χ2n) is 5.43. The molecule has 0 unspecified atom stereocenters. The van der Waals surface area contributed by atoms with Crippen LogP contribution in [0, 0.1) is 5.82 Å². The van der Waals surface area contributed by atoms with Crippen molar-refractivity contribution in [3.8, 4) is 5.75 Å². The Morgan fingerprint density at radius 3 is 2.54 bits per heavy atom. The predicted octanol–water partition coefficient (Wildman–Crippen LogP) is 3.67. The number of halogens is 1. The lowest BCUT2D eigenvalue weighted by molar-refractivity contribution is 0.340. The van der Waals surface area contributed by atoms with Gasteiger partial charge >= 0.3 is 0 Å². The Morgan fingerprint density at radius 2 is 1.85 bits per heavy atom. The molecule has 1 aromatic heterocycles. The van der Waals surface area contributed by atoms with Crippen LogP contribution in [0.15, 0.2) is 54.9 Å². The second kappa shape index (κ2) is 8.39. The van der Waals surface area contributed by atoms with E-state index in [0.717, 1.165) is 17.0 Å². The van der Waals surface area contributed by atoms with Gasteiger partial charge in [0.05, 0.1) is 13.2 Å². The van der Waals surface area contributed by atoms with E-state index in [1.165, 1.54) is 12.1 Å². The summed E-state index contributed by atoms with van der Waals surface area (Å²) in [5, 5.41) is 10.7. The number of rotatable bonds is 6. The van der Waals surface area contributed by atoms with Crippen molar-refractivity contribution >= 4 is 29.0 Å². The predicted molar refractivity (Wildman–Crippen MR) is 103 cm³/mol. The normalized spacial score (nSPS) is 10.4. The van der Waals surface area contributed by atoms with E-state index in [1.54, 1.807) is 23.1 Å². The van der Waals surface area contributed by atoms with E-state index in [-0.39, 0.29) is 5.82 Å². The van der Waals surface area contributed by atoms with Crippen molar-refractivity contribution in [1.29, 1.82) is 0 Å². The van der Waals surface area contributed by atoms with Crippen LogP contribution in [0.25, 0.3) is 0 Å². The minimum Gasteiger partial charge on any atom is -0.494 e. The molecule has 3 aromatic rings. The van der Waals surface area contributed by atoms with Crippen molar-refractivity contribution in [2.24, 2.45) is 0 Å². The van der Waals surface area contributed by atoms with Crippen LogP contribution in [-0.4, -0.2) is 26.5 Å². The van der Waals surface area contributed by atoms with Crippen molar-refractivity contribution in [2.75, 3.05) is 17.2 Å².